The Morgan fingerprint density at radius 3 is 2.89 bits per heavy atom. The Balaban J connectivity index is 2.27. The van der Waals surface area contributed by atoms with Gasteiger partial charge in [-0.05, 0) is 18.6 Å². The normalized spacial score (nSPS) is 19.7. The number of carbonyl (C=O) groups is 1. The lowest BCUT2D eigenvalue weighted by Crippen LogP contribution is -2.40. The van der Waals surface area contributed by atoms with Crippen molar-refractivity contribution in [1.29, 1.82) is 0 Å². The number of amides is 1. The standard InChI is InChI=1S/C11H12FIN2O2S/c12-9-3-1-4-10(7-9)15-14(6-2-5-13)11(16)8-18(15)17/h1,3-4,7H,2,5-6,8H2. The fourth-order valence-corrected chi connectivity index (χ4v) is 3.29. The Morgan fingerprint density at radius 1 is 1.44 bits per heavy atom. The highest BCUT2D eigenvalue weighted by Crippen LogP contribution is 2.24. The molecule has 0 N–H and O–H groups in total. The highest BCUT2D eigenvalue weighted by molar-refractivity contribution is 14.1. The van der Waals surface area contributed by atoms with E-state index in [1.54, 1.807) is 12.1 Å². The largest absolute Gasteiger partial charge is 0.272 e. The number of carbonyl (C=O) groups excluding carboxylic acids is 1. The fourth-order valence-electron chi connectivity index (χ4n) is 1.73. The molecule has 0 bridgehead atoms. The molecule has 98 valence electrons. The second kappa shape index (κ2) is 5.96. The average Bonchev–Trinajstić information content (AvgIpc) is 2.61. The Hall–Kier alpha value is -0.700. The van der Waals surface area contributed by atoms with Crippen molar-refractivity contribution >= 4 is 45.2 Å². The highest BCUT2D eigenvalue weighted by Gasteiger charge is 2.35. The molecular weight excluding hydrogens is 370 g/mol. The van der Waals surface area contributed by atoms with E-state index in [-0.39, 0.29) is 11.7 Å². The zero-order chi connectivity index (χ0) is 13.1. The van der Waals surface area contributed by atoms with E-state index in [0.717, 1.165) is 10.8 Å². The monoisotopic (exact) mass is 382 g/mol. The predicted octanol–water partition coefficient (Wildman–Crippen LogP) is 1.88. The minimum absolute atomic E-state index is 0.0300. The number of hydrogen-bond donors (Lipinski definition) is 0. The van der Waals surface area contributed by atoms with Crippen LogP contribution in [-0.2, 0) is 15.8 Å². The van der Waals surface area contributed by atoms with Crippen LogP contribution in [0.5, 0.6) is 0 Å². The number of hydrazine groups is 1. The molecule has 0 saturated carbocycles. The number of benzene rings is 1. The van der Waals surface area contributed by atoms with E-state index in [1.807, 2.05) is 0 Å². The third-order valence-electron chi connectivity index (χ3n) is 2.48. The summed E-state index contributed by atoms with van der Waals surface area (Å²) < 4.78 is 27.4. The summed E-state index contributed by atoms with van der Waals surface area (Å²) in [4.78, 5) is 11.8. The van der Waals surface area contributed by atoms with Crippen molar-refractivity contribution in [2.45, 2.75) is 6.42 Å². The summed E-state index contributed by atoms with van der Waals surface area (Å²) in [7, 11) is -1.44. The summed E-state index contributed by atoms with van der Waals surface area (Å²) in [6, 6.07) is 5.80. The van der Waals surface area contributed by atoms with Crippen LogP contribution in [0.3, 0.4) is 0 Å². The van der Waals surface area contributed by atoms with E-state index >= 15 is 0 Å². The van der Waals surface area contributed by atoms with Crippen molar-refractivity contribution < 1.29 is 13.4 Å². The van der Waals surface area contributed by atoms with Gasteiger partial charge in [-0.1, -0.05) is 28.7 Å². The first-order valence-electron chi connectivity index (χ1n) is 5.44. The molecule has 1 aromatic carbocycles. The van der Waals surface area contributed by atoms with Gasteiger partial charge in [0.15, 0.2) is 0 Å². The van der Waals surface area contributed by atoms with Gasteiger partial charge >= 0.3 is 0 Å². The molecule has 7 heteroatoms. The van der Waals surface area contributed by atoms with E-state index in [4.69, 9.17) is 0 Å². The maximum Gasteiger partial charge on any atom is 0.256 e. The molecular formula is C11H12FIN2O2S. The summed E-state index contributed by atoms with van der Waals surface area (Å²) in [6.07, 6.45) is 0.815. The van der Waals surface area contributed by atoms with Gasteiger partial charge in [0.1, 0.15) is 22.6 Å². The second-order valence-electron chi connectivity index (χ2n) is 3.78. The van der Waals surface area contributed by atoms with Crippen molar-refractivity contribution in [3.05, 3.63) is 30.1 Å². The summed E-state index contributed by atoms with van der Waals surface area (Å²) in [5.41, 5.74) is 0.452. The fraction of sp³-hybridized carbons (Fsp3) is 0.364. The van der Waals surface area contributed by atoms with Crippen LogP contribution in [0.1, 0.15) is 6.42 Å². The lowest BCUT2D eigenvalue weighted by Gasteiger charge is -2.27. The molecule has 1 aliphatic rings. The Labute approximate surface area is 121 Å². The molecule has 0 aromatic heterocycles. The van der Waals surface area contributed by atoms with Gasteiger partial charge in [-0.3, -0.25) is 4.79 Å². The molecule has 4 nitrogen and oxygen atoms in total. The van der Waals surface area contributed by atoms with E-state index in [9.17, 15) is 13.4 Å². The van der Waals surface area contributed by atoms with E-state index < -0.39 is 16.8 Å². The first-order valence-corrected chi connectivity index (χ1v) is 8.24. The van der Waals surface area contributed by atoms with Crippen LogP contribution in [0.4, 0.5) is 10.1 Å². The molecule has 0 spiro atoms. The Morgan fingerprint density at radius 2 is 2.22 bits per heavy atom. The van der Waals surface area contributed by atoms with Gasteiger partial charge in [-0.15, -0.1) is 0 Å². The molecule has 0 aliphatic carbocycles. The summed E-state index contributed by atoms with van der Waals surface area (Å²) in [5, 5.41) is 1.45. The topological polar surface area (TPSA) is 40.6 Å². The van der Waals surface area contributed by atoms with E-state index in [0.29, 0.717) is 12.2 Å². The van der Waals surface area contributed by atoms with Crippen LogP contribution < -0.4 is 4.41 Å². The number of anilines is 1. The summed E-state index contributed by atoms with van der Waals surface area (Å²) in [5.74, 6) is -0.613. The van der Waals surface area contributed by atoms with Gasteiger partial charge in [0.2, 0.25) is 0 Å². The van der Waals surface area contributed by atoms with E-state index in [1.165, 1.54) is 21.6 Å². The van der Waals surface area contributed by atoms with E-state index in [2.05, 4.69) is 22.6 Å². The summed E-state index contributed by atoms with van der Waals surface area (Å²) >= 11 is 2.22. The third kappa shape index (κ3) is 2.82. The molecule has 2 rings (SSSR count). The quantitative estimate of drug-likeness (QED) is 0.590. The molecule has 1 unspecified atom stereocenters. The molecule has 0 radical (unpaired) electrons. The van der Waals surface area contributed by atoms with Crippen LogP contribution in [0, 0.1) is 5.82 Å². The maximum atomic E-state index is 13.2. The van der Waals surface area contributed by atoms with Crippen molar-refractivity contribution in [2.24, 2.45) is 0 Å². The average molecular weight is 382 g/mol. The summed E-state index contributed by atoms with van der Waals surface area (Å²) in [6.45, 7) is 0.504. The Kier molecular flexibility index (Phi) is 4.55. The first kappa shape index (κ1) is 13.7. The van der Waals surface area contributed by atoms with Gasteiger partial charge < -0.3 is 0 Å². The van der Waals surface area contributed by atoms with Crippen LogP contribution in [0.15, 0.2) is 24.3 Å². The van der Waals surface area contributed by atoms with Crippen molar-refractivity contribution in [3.8, 4) is 0 Å². The number of hydrogen-bond acceptors (Lipinski definition) is 2. The van der Waals surface area contributed by atoms with Crippen LogP contribution in [0.25, 0.3) is 0 Å². The molecule has 1 saturated heterocycles. The maximum absolute atomic E-state index is 13.2. The van der Waals surface area contributed by atoms with Gasteiger partial charge in [0, 0.05) is 17.0 Å². The first-order chi connectivity index (χ1) is 8.63. The van der Waals surface area contributed by atoms with Crippen molar-refractivity contribution in [3.63, 3.8) is 0 Å². The lowest BCUT2D eigenvalue weighted by molar-refractivity contribution is -0.127. The number of rotatable bonds is 4. The zero-order valence-corrected chi connectivity index (χ0v) is 12.5. The molecule has 1 atom stereocenters. The highest BCUT2D eigenvalue weighted by atomic mass is 127. The number of halogens is 2. The smallest absolute Gasteiger partial charge is 0.256 e. The molecule has 1 fully saturated rings. The lowest BCUT2D eigenvalue weighted by atomic mass is 10.3. The number of nitrogens with zero attached hydrogens (tertiary/aromatic N) is 2. The second-order valence-corrected chi connectivity index (χ2v) is 6.13. The SMILES string of the molecule is O=C1CS(=O)N(c2cccc(F)c2)N1CCCI. The molecule has 1 aliphatic heterocycles. The van der Waals surface area contributed by atoms with Crippen molar-refractivity contribution in [2.75, 3.05) is 21.1 Å². The predicted molar refractivity (Wildman–Crippen MR) is 77.1 cm³/mol. The zero-order valence-electron chi connectivity index (χ0n) is 9.51. The van der Waals surface area contributed by atoms with Crippen LogP contribution >= 0.6 is 22.6 Å². The number of alkyl halides is 1. The van der Waals surface area contributed by atoms with Crippen LogP contribution in [0.2, 0.25) is 0 Å². The van der Waals surface area contributed by atoms with Gasteiger partial charge in [-0.25, -0.2) is 13.6 Å². The third-order valence-corrected chi connectivity index (χ3v) is 4.53. The molecule has 1 aromatic rings. The van der Waals surface area contributed by atoms with Gasteiger partial charge in [0.05, 0.1) is 5.69 Å². The van der Waals surface area contributed by atoms with Gasteiger partial charge in [0.25, 0.3) is 5.91 Å². The van der Waals surface area contributed by atoms with Gasteiger partial charge in [-0.2, -0.15) is 4.41 Å². The van der Waals surface area contributed by atoms with Crippen molar-refractivity contribution in [1.82, 2.24) is 5.01 Å². The minimum atomic E-state index is -1.44. The minimum Gasteiger partial charge on any atom is -0.272 e. The molecule has 1 amide bonds. The van der Waals surface area contributed by atoms with Crippen LogP contribution in [-0.4, -0.2) is 31.9 Å². The molecule has 18 heavy (non-hydrogen) atoms. The Bertz CT molecular complexity index is 486. The molecule has 1 heterocycles.